The smallest absolute Gasteiger partial charge is 0.209 e. The van der Waals surface area contributed by atoms with Gasteiger partial charge in [-0.1, -0.05) is 12.1 Å². The number of piperazine rings is 1. The van der Waals surface area contributed by atoms with Crippen molar-refractivity contribution in [2.24, 2.45) is 0 Å². The summed E-state index contributed by atoms with van der Waals surface area (Å²) in [5.74, 6) is 0. The molecule has 0 aromatic heterocycles. The van der Waals surface area contributed by atoms with E-state index >= 15 is 0 Å². The Balaban J connectivity index is 2.07. The van der Waals surface area contributed by atoms with Crippen LogP contribution < -0.4 is 10.6 Å². The molecule has 0 atom stereocenters. The van der Waals surface area contributed by atoms with Gasteiger partial charge in [0.05, 0.1) is 11.4 Å². The zero-order chi connectivity index (χ0) is 10.7. The highest BCUT2D eigenvalue weighted by Crippen LogP contribution is 2.23. The molecule has 1 saturated heterocycles. The summed E-state index contributed by atoms with van der Waals surface area (Å²) in [6.07, 6.45) is 0.908. The number of para-hydroxylation sites is 2. The number of hydrogen-bond donors (Lipinski definition) is 1. The van der Waals surface area contributed by atoms with Crippen molar-refractivity contribution in [2.45, 2.75) is 0 Å². The number of benzene rings is 1. The quantitative estimate of drug-likeness (QED) is 0.566. The molecule has 0 bridgehead atoms. The average Bonchev–Trinajstić information content (AvgIpc) is 2.30. The van der Waals surface area contributed by atoms with E-state index in [-0.39, 0.29) is 0 Å². The largest absolute Gasteiger partial charge is 0.397 e. The second-order valence-corrected chi connectivity index (χ2v) is 3.69. The van der Waals surface area contributed by atoms with Crippen LogP contribution in [0.4, 0.5) is 11.4 Å². The van der Waals surface area contributed by atoms with Gasteiger partial charge in [0.1, 0.15) is 0 Å². The standard InChI is InChI=1S/C11H15N3O/c12-10-3-1-2-4-11(10)14-7-5-13(9-15)6-8-14/h1-4,9H,5-8,12H2. The monoisotopic (exact) mass is 205 g/mol. The van der Waals surface area contributed by atoms with Crippen LogP contribution in [0.3, 0.4) is 0 Å². The van der Waals surface area contributed by atoms with Gasteiger partial charge in [-0.15, -0.1) is 0 Å². The van der Waals surface area contributed by atoms with E-state index in [4.69, 9.17) is 5.73 Å². The molecule has 1 fully saturated rings. The van der Waals surface area contributed by atoms with E-state index in [0.717, 1.165) is 44.0 Å². The summed E-state index contributed by atoms with van der Waals surface area (Å²) in [5, 5.41) is 0. The first kappa shape index (κ1) is 9.83. The molecule has 1 heterocycles. The summed E-state index contributed by atoms with van der Waals surface area (Å²) in [4.78, 5) is 14.6. The summed E-state index contributed by atoms with van der Waals surface area (Å²) in [6.45, 7) is 3.26. The van der Waals surface area contributed by atoms with Crippen molar-refractivity contribution < 1.29 is 4.79 Å². The second kappa shape index (κ2) is 4.21. The van der Waals surface area contributed by atoms with E-state index in [9.17, 15) is 4.79 Å². The Bertz CT molecular complexity index is 345. The molecular formula is C11H15N3O. The maximum Gasteiger partial charge on any atom is 0.209 e. The third kappa shape index (κ3) is 2.03. The van der Waals surface area contributed by atoms with Gasteiger partial charge in [-0.2, -0.15) is 0 Å². The van der Waals surface area contributed by atoms with Crippen LogP contribution >= 0.6 is 0 Å². The molecule has 80 valence electrons. The molecule has 4 heteroatoms. The highest BCUT2D eigenvalue weighted by molar-refractivity contribution is 5.67. The van der Waals surface area contributed by atoms with Gasteiger partial charge in [0.25, 0.3) is 0 Å². The van der Waals surface area contributed by atoms with E-state index in [0.29, 0.717) is 0 Å². The summed E-state index contributed by atoms with van der Waals surface area (Å²) >= 11 is 0. The molecule has 0 unspecified atom stereocenters. The fourth-order valence-corrected chi connectivity index (χ4v) is 1.84. The van der Waals surface area contributed by atoms with Gasteiger partial charge in [0, 0.05) is 26.2 Å². The van der Waals surface area contributed by atoms with Gasteiger partial charge in [0.2, 0.25) is 6.41 Å². The minimum Gasteiger partial charge on any atom is -0.397 e. The summed E-state index contributed by atoms with van der Waals surface area (Å²) in [7, 11) is 0. The van der Waals surface area contributed by atoms with Gasteiger partial charge in [0.15, 0.2) is 0 Å². The lowest BCUT2D eigenvalue weighted by molar-refractivity contribution is -0.118. The van der Waals surface area contributed by atoms with Gasteiger partial charge in [-0.3, -0.25) is 4.79 Å². The number of nitrogens with two attached hydrogens (primary N) is 1. The number of carbonyl (C=O) groups is 1. The van der Waals surface area contributed by atoms with Crippen molar-refractivity contribution in [3.8, 4) is 0 Å². The maximum absolute atomic E-state index is 10.6. The fourth-order valence-electron chi connectivity index (χ4n) is 1.84. The summed E-state index contributed by atoms with van der Waals surface area (Å²) < 4.78 is 0. The molecule has 0 saturated carbocycles. The lowest BCUT2D eigenvalue weighted by Crippen LogP contribution is -2.45. The van der Waals surface area contributed by atoms with Crippen molar-refractivity contribution in [3.63, 3.8) is 0 Å². The van der Waals surface area contributed by atoms with Crippen molar-refractivity contribution in [2.75, 3.05) is 36.8 Å². The lowest BCUT2D eigenvalue weighted by Gasteiger charge is -2.34. The molecule has 15 heavy (non-hydrogen) atoms. The fraction of sp³-hybridized carbons (Fsp3) is 0.364. The highest BCUT2D eigenvalue weighted by Gasteiger charge is 2.16. The Kier molecular flexibility index (Phi) is 2.76. The Morgan fingerprint density at radius 3 is 2.40 bits per heavy atom. The Labute approximate surface area is 89.3 Å². The molecular weight excluding hydrogens is 190 g/mol. The SMILES string of the molecule is Nc1ccccc1N1CCN(C=O)CC1. The van der Waals surface area contributed by atoms with Crippen molar-refractivity contribution in [1.29, 1.82) is 0 Å². The Morgan fingerprint density at radius 2 is 1.80 bits per heavy atom. The van der Waals surface area contributed by atoms with Crippen LogP contribution in [0, 0.1) is 0 Å². The number of nitrogen functional groups attached to an aromatic ring is 1. The highest BCUT2D eigenvalue weighted by atomic mass is 16.1. The molecule has 0 spiro atoms. The minimum atomic E-state index is 0.776. The molecule has 1 aromatic carbocycles. The molecule has 1 aromatic rings. The van der Waals surface area contributed by atoms with Crippen LogP contribution in [0.5, 0.6) is 0 Å². The van der Waals surface area contributed by atoms with Crippen LogP contribution in [-0.4, -0.2) is 37.5 Å². The third-order valence-electron chi connectivity index (χ3n) is 2.74. The van der Waals surface area contributed by atoms with E-state index in [1.807, 2.05) is 24.3 Å². The molecule has 2 rings (SSSR count). The topological polar surface area (TPSA) is 49.6 Å². The number of hydrogen-bond acceptors (Lipinski definition) is 3. The summed E-state index contributed by atoms with van der Waals surface area (Å²) in [5.41, 5.74) is 7.77. The van der Waals surface area contributed by atoms with Gasteiger partial charge in [-0.25, -0.2) is 0 Å². The van der Waals surface area contributed by atoms with Crippen LogP contribution in [0.2, 0.25) is 0 Å². The zero-order valence-corrected chi connectivity index (χ0v) is 8.60. The number of anilines is 2. The van der Waals surface area contributed by atoms with Crippen LogP contribution in [0.25, 0.3) is 0 Å². The molecule has 4 nitrogen and oxygen atoms in total. The minimum absolute atomic E-state index is 0.776. The molecule has 0 aliphatic carbocycles. The van der Waals surface area contributed by atoms with Crippen molar-refractivity contribution >= 4 is 17.8 Å². The normalized spacial score (nSPS) is 16.5. The first-order chi connectivity index (χ1) is 7.31. The Hall–Kier alpha value is -1.71. The molecule has 1 aliphatic rings. The number of nitrogens with zero attached hydrogens (tertiary/aromatic N) is 2. The second-order valence-electron chi connectivity index (χ2n) is 3.69. The Morgan fingerprint density at radius 1 is 1.13 bits per heavy atom. The van der Waals surface area contributed by atoms with E-state index in [2.05, 4.69) is 4.90 Å². The summed E-state index contributed by atoms with van der Waals surface area (Å²) in [6, 6.07) is 7.84. The predicted molar refractivity (Wildman–Crippen MR) is 60.7 cm³/mol. The van der Waals surface area contributed by atoms with Crippen molar-refractivity contribution in [3.05, 3.63) is 24.3 Å². The van der Waals surface area contributed by atoms with Crippen LogP contribution in [0.1, 0.15) is 0 Å². The maximum atomic E-state index is 10.6. The lowest BCUT2D eigenvalue weighted by atomic mass is 10.2. The van der Waals surface area contributed by atoms with Gasteiger partial charge >= 0.3 is 0 Å². The van der Waals surface area contributed by atoms with E-state index in [1.165, 1.54) is 0 Å². The van der Waals surface area contributed by atoms with Crippen LogP contribution in [-0.2, 0) is 4.79 Å². The molecule has 0 radical (unpaired) electrons. The van der Waals surface area contributed by atoms with E-state index < -0.39 is 0 Å². The number of carbonyl (C=O) groups excluding carboxylic acids is 1. The molecule has 1 amide bonds. The first-order valence-corrected chi connectivity index (χ1v) is 5.10. The molecule has 1 aliphatic heterocycles. The van der Waals surface area contributed by atoms with Crippen LogP contribution in [0.15, 0.2) is 24.3 Å². The number of amides is 1. The van der Waals surface area contributed by atoms with E-state index in [1.54, 1.807) is 4.90 Å². The van der Waals surface area contributed by atoms with Crippen molar-refractivity contribution in [1.82, 2.24) is 4.90 Å². The average molecular weight is 205 g/mol. The number of rotatable bonds is 2. The predicted octanol–water partition coefficient (Wildman–Crippen LogP) is 0.547. The molecule has 2 N–H and O–H groups in total. The van der Waals surface area contributed by atoms with Gasteiger partial charge < -0.3 is 15.5 Å². The third-order valence-corrected chi connectivity index (χ3v) is 2.74. The first-order valence-electron chi connectivity index (χ1n) is 5.10. The van der Waals surface area contributed by atoms with Gasteiger partial charge in [-0.05, 0) is 12.1 Å². The zero-order valence-electron chi connectivity index (χ0n) is 8.60.